The molecule has 0 fully saturated rings. The van der Waals surface area contributed by atoms with E-state index in [0.717, 1.165) is 38.6 Å². The van der Waals surface area contributed by atoms with Gasteiger partial charge in [0.2, 0.25) is 5.95 Å². The molecule has 0 spiro atoms. The number of benzene rings is 9. The largest absolute Gasteiger partial charge is 0.278 e. The van der Waals surface area contributed by atoms with Gasteiger partial charge in [-0.2, -0.15) is 0 Å². The second-order valence-corrected chi connectivity index (χ2v) is 19.9. The molecule has 3 aliphatic rings. The lowest BCUT2D eigenvalue weighted by Gasteiger charge is -2.29. The molecule has 0 amide bonds. The minimum atomic E-state index is -0.0325. The summed E-state index contributed by atoms with van der Waals surface area (Å²) in [4.78, 5) is 12.8. The van der Waals surface area contributed by atoms with Crippen LogP contribution in [0.5, 0.6) is 0 Å². The number of hydrogen-bond donors (Lipinski definition) is 0. The third-order valence-corrected chi connectivity index (χ3v) is 16.4. The summed E-state index contributed by atoms with van der Waals surface area (Å²) in [6.45, 7) is 4.82. The van der Waals surface area contributed by atoms with Crippen LogP contribution in [0.2, 0.25) is 0 Å². The molecule has 0 saturated carbocycles. The van der Waals surface area contributed by atoms with Crippen molar-refractivity contribution < 1.29 is 0 Å². The Balaban J connectivity index is 0.966. The molecule has 0 bridgehead atoms. The number of fused-ring (bicyclic) bond motifs is 17. The number of allylic oxidation sites excluding steroid dienone is 4. The Morgan fingerprint density at radius 1 is 0.523 bits per heavy atom. The van der Waals surface area contributed by atoms with Crippen molar-refractivity contribution in [3.8, 4) is 49.9 Å². The molecule has 3 aromatic heterocycles. The van der Waals surface area contributed by atoms with Crippen LogP contribution in [0.3, 0.4) is 0 Å². The Labute approximate surface area is 379 Å². The van der Waals surface area contributed by atoms with Gasteiger partial charge in [-0.25, -0.2) is 9.97 Å². The molecule has 3 nitrogen and oxygen atoms in total. The van der Waals surface area contributed by atoms with Gasteiger partial charge < -0.3 is 0 Å². The molecule has 0 radical (unpaired) electrons. The predicted octanol–water partition coefficient (Wildman–Crippen LogP) is 16.5. The minimum Gasteiger partial charge on any atom is -0.278 e. The second kappa shape index (κ2) is 12.7. The lowest BCUT2D eigenvalue weighted by Crippen LogP contribution is -2.24. The molecule has 15 rings (SSSR count). The van der Waals surface area contributed by atoms with Gasteiger partial charge in [0.15, 0.2) is 0 Å². The highest BCUT2D eigenvalue weighted by molar-refractivity contribution is 7.23. The van der Waals surface area contributed by atoms with Crippen LogP contribution in [0.1, 0.15) is 30.9 Å². The third-order valence-electron chi connectivity index (χ3n) is 15.2. The standard InChI is InChI=1S/C61H39N3S/c1-61(2)49-23-9-7-17-40(49)41-28-25-37(33-50(41)61)57-56-43-19-5-3-15-38(43)39-16-4-6-20-44(39)58(56)63-60(62-57)64-51-24-10-8-18-42(51)47-31-35(26-29-52(47)64)36-27-30-53-48(32-36)55-45-21-11-13-34-14-12-22-46(54(34)45)59(55)65-53/h3-33,40,49H,1-2H3. The zero-order chi connectivity index (χ0) is 42.7. The topological polar surface area (TPSA) is 30.7 Å². The van der Waals surface area contributed by atoms with Crippen LogP contribution in [0, 0.1) is 5.92 Å². The molecule has 12 aromatic rings. The smallest absolute Gasteiger partial charge is 0.235 e. The van der Waals surface area contributed by atoms with Crippen molar-refractivity contribution in [2.45, 2.75) is 25.2 Å². The monoisotopic (exact) mass is 845 g/mol. The highest BCUT2D eigenvalue weighted by Gasteiger charge is 2.44. The lowest BCUT2D eigenvalue weighted by molar-refractivity contribution is 0.394. The summed E-state index contributed by atoms with van der Waals surface area (Å²) in [6.07, 6.45) is 9.22. The van der Waals surface area contributed by atoms with Crippen molar-refractivity contribution in [2.24, 2.45) is 5.92 Å². The van der Waals surface area contributed by atoms with E-state index in [9.17, 15) is 0 Å². The van der Waals surface area contributed by atoms with Crippen molar-refractivity contribution in [3.05, 3.63) is 199 Å². The van der Waals surface area contributed by atoms with Gasteiger partial charge in [-0.1, -0.05) is 166 Å². The number of thiophene rings is 1. The first-order valence-electron chi connectivity index (χ1n) is 22.7. The average Bonchev–Trinajstić information content (AvgIpc) is 4.06. The predicted molar refractivity (Wildman–Crippen MR) is 275 cm³/mol. The van der Waals surface area contributed by atoms with Gasteiger partial charge in [0.25, 0.3) is 0 Å². The fourth-order valence-corrected chi connectivity index (χ4v) is 13.5. The average molecular weight is 846 g/mol. The Hall–Kier alpha value is -7.66. The molecule has 2 unspecified atom stereocenters. The molecule has 2 atom stereocenters. The molecule has 9 aromatic carbocycles. The van der Waals surface area contributed by atoms with Gasteiger partial charge in [-0.15, -0.1) is 11.3 Å². The fourth-order valence-electron chi connectivity index (χ4n) is 12.2. The van der Waals surface area contributed by atoms with E-state index in [1.54, 1.807) is 0 Å². The van der Waals surface area contributed by atoms with Gasteiger partial charge >= 0.3 is 0 Å². The molecule has 0 aliphatic heterocycles. The normalized spacial score (nSPS) is 16.8. The first-order chi connectivity index (χ1) is 32.0. The van der Waals surface area contributed by atoms with Gasteiger partial charge in [0, 0.05) is 59.1 Å². The van der Waals surface area contributed by atoms with E-state index in [2.05, 4.69) is 207 Å². The molecule has 65 heavy (non-hydrogen) atoms. The molecule has 0 saturated heterocycles. The summed E-state index contributed by atoms with van der Waals surface area (Å²) < 4.78 is 3.63. The number of rotatable bonds is 3. The van der Waals surface area contributed by atoms with Crippen molar-refractivity contribution >= 4 is 86.4 Å². The van der Waals surface area contributed by atoms with Crippen LogP contribution >= 0.6 is 11.3 Å². The van der Waals surface area contributed by atoms with Gasteiger partial charge in [-0.05, 0) is 102 Å². The third kappa shape index (κ3) is 4.74. The second-order valence-electron chi connectivity index (χ2n) is 18.8. The zero-order valence-electron chi connectivity index (χ0n) is 35.8. The summed E-state index contributed by atoms with van der Waals surface area (Å²) >= 11 is 1.91. The Morgan fingerprint density at radius 2 is 1.20 bits per heavy atom. The highest BCUT2D eigenvalue weighted by atomic mass is 32.1. The van der Waals surface area contributed by atoms with Crippen molar-refractivity contribution in [2.75, 3.05) is 0 Å². The molecule has 304 valence electrons. The molecule has 4 heteroatoms. The zero-order valence-corrected chi connectivity index (χ0v) is 36.6. The van der Waals surface area contributed by atoms with Crippen LogP contribution in [0.25, 0.3) is 125 Å². The number of nitrogens with zero attached hydrogens (tertiary/aromatic N) is 3. The van der Waals surface area contributed by atoms with Crippen molar-refractivity contribution in [3.63, 3.8) is 0 Å². The van der Waals surface area contributed by atoms with E-state index >= 15 is 0 Å². The van der Waals surface area contributed by atoms with Crippen LogP contribution in [0.4, 0.5) is 0 Å². The van der Waals surface area contributed by atoms with Gasteiger partial charge in [0.05, 0.1) is 22.2 Å². The van der Waals surface area contributed by atoms with E-state index in [4.69, 9.17) is 9.97 Å². The molecule has 3 heterocycles. The molecular weight excluding hydrogens is 807 g/mol. The summed E-state index contributed by atoms with van der Waals surface area (Å²) in [7, 11) is 0. The number of hydrogen-bond acceptors (Lipinski definition) is 3. The number of aromatic nitrogens is 3. The van der Waals surface area contributed by atoms with Crippen LogP contribution in [0.15, 0.2) is 188 Å². The maximum atomic E-state index is 5.74. The SMILES string of the molecule is CC1(C)c2cc(-c3nc(-n4c5ccccc5c5cc(-c6ccc7sc8c(c7c6)-c6cccc7cccc-8c67)ccc54)nc4c5ccccc5c5ccccc5c34)ccc2C2C=CC=CC21. The highest BCUT2D eigenvalue weighted by Crippen LogP contribution is 2.56. The molecule has 0 N–H and O–H groups in total. The maximum Gasteiger partial charge on any atom is 0.235 e. The summed E-state index contributed by atoms with van der Waals surface area (Å²) in [6, 6.07) is 60.9. The fraction of sp³-hybridized carbons (Fsp3) is 0.0820. The summed E-state index contributed by atoms with van der Waals surface area (Å²) in [5, 5.41) is 12.2. The van der Waals surface area contributed by atoms with E-state index in [1.807, 2.05) is 11.3 Å². The van der Waals surface area contributed by atoms with E-state index in [0.29, 0.717) is 17.8 Å². The van der Waals surface area contributed by atoms with E-state index in [-0.39, 0.29) is 5.41 Å². The molecular formula is C61H39N3S. The van der Waals surface area contributed by atoms with Crippen molar-refractivity contribution in [1.29, 1.82) is 0 Å². The quantitative estimate of drug-likeness (QED) is 0.166. The summed E-state index contributed by atoms with van der Waals surface area (Å²) in [5.41, 5.74) is 14.5. The van der Waals surface area contributed by atoms with Crippen LogP contribution < -0.4 is 0 Å². The summed E-state index contributed by atoms with van der Waals surface area (Å²) in [5.74, 6) is 1.47. The van der Waals surface area contributed by atoms with E-state index < -0.39 is 0 Å². The Kier molecular flexibility index (Phi) is 7.01. The lowest BCUT2D eigenvalue weighted by atomic mass is 9.74. The first-order valence-corrected chi connectivity index (χ1v) is 23.6. The van der Waals surface area contributed by atoms with Gasteiger partial charge in [0.1, 0.15) is 0 Å². The Morgan fingerprint density at radius 3 is 2.05 bits per heavy atom. The first kappa shape index (κ1) is 35.8. The van der Waals surface area contributed by atoms with Crippen molar-refractivity contribution in [1.82, 2.24) is 14.5 Å². The maximum absolute atomic E-state index is 5.74. The number of para-hydroxylation sites is 1. The van der Waals surface area contributed by atoms with E-state index in [1.165, 1.54) is 91.6 Å². The Bertz CT molecular complexity index is 4170. The molecule has 3 aliphatic carbocycles. The minimum absolute atomic E-state index is 0.0325. The van der Waals surface area contributed by atoms with Gasteiger partial charge in [-0.3, -0.25) is 4.57 Å². The van der Waals surface area contributed by atoms with Crippen LogP contribution in [-0.2, 0) is 5.41 Å². The van der Waals surface area contributed by atoms with Crippen LogP contribution in [-0.4, -0.2) is 14.5 Å².